The fourth-order valence-electron chi connectivity index (χ4n) is 2.29. The largest absolute Gasteiger partial charge is 0.398 e. The first-order valence-corrected chi connectivity index (χ1v) is 6.84. The van der Waals surface area contributed by atoms with Gasteiger partial charge in [0, 0.05) is 12.1 Å². The maximum atomic E-state index is 6.05. The molecule has 0 saturated heterocycles. The highest BCUT2D eigenvalue weighted by atomic mass is 35.5. The molecule has 0 aliphatic heterocycles. The van der Waals surface area contributed by atoms with Gasteiger partial charge < -0.3 is 5.73 Å². The molecule has 0 bridgehead atoms. The van der Waals surface area contributed by atoms with Crippen molar-refractivity contribution in [2.45, 2.75) is 26.3 Å². The van der Waals surface area contributed by atoms with Crippen molar-refractivity contribution in [3.8, 4) is 11.4 Å². The molecular formula is C13H16ClN5. The van der Waals surface area contributed by atoms with Crippen molar-refractivity contribution in [3.05, 3.63) is 23.2 Å². The van der Waals surface area contributed by atoms with E-state index in [1.807, 2.05) is 10.7 Å². The molecule has 1 atom stereocenters. The SMILES string of the molecule is CC(Cn1nnnc1-c1ccc(N)c(Cl)c1)C1CC1. The van der Waals surface area contributed by atoms with Crippen LogP contribution in [0.4, 0.5) is 5.69 Å². The molecule has 1 unspecified atom stereocenters. The third-order valence-electron chi connectivity index (χ3n) is 3.68. The summed E-state index contributed by atoms with van der Waals surface area (Å²) in [7, 11) is 0. The first-order valence-electron chi connectivity index (χ1n) is 6.46. The van der Waals surface area contributed by atoms with Gasteiger partial charge in [-0.3, -0.25) is 0 Å². The summed E-state index contributed by atoms with van der Waals surface area (Å²) in [5, 5.41) is 12.5. The normalized spacial score (nSPS) is 16.5. The monoisotopic (exact) mass is 277 g/mol. The molecule has 2 N–H and O–H groups in total. The summed E-state index contributed by atoms with van der Waals surface area (Å²) in [6.45, 7) is 3.09. The Bertz CT molecular complexity index is 590. The van der Waals surface area contributed by atoms with E-state index in [9.17, 15) is 0 Å². The number of hydrogen-bond acceptors (Lipinski definition) is 4. The van der Waals surface area contributed by atoms with Crippen molar-refractivity contribution in [3.63, 3.8) is 0 Å². The Kier molecular flexibility index (Phi) is 3.14. The molecule has 0 radical (unpaired) electrons. The standard InChI is InChI=1S/C13H16ClN5/c1-8(9-2-3-9)7-19-13(16-17-18-19)10-4-5-12(15)11(14)6-10/h4-6,8-9H,2-3,7,15H2,1H3. The first-order chi connectivity index (χ1) is 9.15. The van der Waals surface area contributed by atoms with Crippen LogP contribution in [0, 0.1) is 11.8 Å². The number of nitrogen functional groups attached to an aromatic ring is 1. The minimum absolute atomic E-state index is 0.530. The number of nitrogens with zero attached hydrogens (tertiary/aromatic N) is 4. The Balaban J connectivity index is 1.87. The van der Waals surface area contributed by atoms with Gasteiger partial charge in [0.1, 0.15) is 0 Å². The number of benzene rings is 1. The first kappa shape index (κ1) is 12.4. The minimum atomic E-state index is 0.530. The lowest BCUT2D eigenvalue weighted by atomic mass is 10.1. The van der Waals surface area contributed by atoms with Crippen LogP contribution in [0.1, 0.15) is 19.8 Å². The molecule has 2 aromatic rings. The predicted molar refractivity (Wildman–Crippen MR) is 74.6 cm³/mol. The average molecular weight is 278 g/mol. The van der Waals surface area contributed by atoms with Crippen molar-refractivity contribution in [1.29, 1.82) is 0 Å². The number of rotatable bonds is 4. The highest BCUT2D eigenvalue weighted by Crippen LogP contribution is 2.37. The fourth-order valence-corrected chi connectivity index (χ4v) is 2.47. The average Bonchev–Trinajstić information content (AvgIpc) is 3.14. The molecule has 1 saturated carbocycles. The van der Waals surface area contributed by atoms with Crippen molar-refractivity contribution >= 4 is 17.3 Å². The van der Waals surface area contributed by atoms with Gasteiger partial charge in [0.15, 0.2) is 5.82 Å². The molecule has 1 fully saturated rings. The summed E-state index contributed by atoms with van der Waals surface area (Å²) in [6.07, 6.45) is 2.65. The van der Waals surface area contributed by atoms with Crippen LogP contribution < -0.4 is 5.73 Å². The van der Waals surface area contributed by atoms with Crippen molar-refractivity contribution in [2.75, 3.05) is 5.73 Å². The van der Waals surface area contributed by atoms with Crippen LogP contribution >= 0.6 is 11.6 Å². The van der Waals surface area contributed by atoms with Gasteiger partial charge >= 0.3 is 0 Å². The number of hydrogen-bond donors (Lipinski definition) is 1. The van der Waals surface area contributed by atoms with Crippen molar-refractivity contribution in [2.24, 2.45) is 11.8 Å². The van der Waals surface area contributed by atoms with E-state index in [0.717, 1.165) is 23.9 Å². The second-order valence-corrected chi connectivity index (χ2v) is 5.64. The fraction of sp³-hybridized carbons (Fsp3) is 0.462. The van der Waals surface area contributed by atoms with E-state index in [1.165, 1.54) is 12.8 Å². The van der Waals surface area contributed by atoms with Crippen LogP contribution in [-0.2, 0) is 6.54 Å². The number of aromatic nitrogens is 4. The van der Waals surface area contributed by atoms with Gasteiger partial charge in [-0.15, -0.1) is 5.10 Å². The number of halogens is 1. The van der Waals surface area contributed by atoms with E-state index >= 15 is 0 Å². The molecular weight excluding hydrogens is 262 g/mol. The zero-order valence-corrected chi connectivity index (χ0v) is 11.5. The summed E-state index contributed by atoms with van der Waals surface area (Å²) < 4.78 is 1.85. The lowest BCUT2D eigenvalue weighted by molar-refractivity contribution is 0.402. The van der Waals surface area contributed by atoms with Crippen LogP contribution in [0.2, 0.25) is 5.02 Å². The lowest BCUT2D eigenvalue weighted by Gasteiger charge is -2.11. The molecule has 1 heterocycles. The molecule has 1 aromatic carbocycles. The van der Waals surface area contributed by atoms with Crippen molar-refractivity contribution in [1.82, 2.24) is 20.2 Å². The minimum Gasteiger partial charge on any atom is -0.398 e. The van der Waals surface area contributed by atoms with Gasteiger partial charge in [0.25, 0.3) is 0 Å². The van der Waals surface area contributed by atoms with Crippen molar-refractivity contribution < 1.29 is 0 Å². The predicted octanol–water partition coefficient (Wildman–Crippen LogP) is 2.62. The van der Waals surface area contributed by atoms with E-state index in [2.05, 4.69) is 22.4 Å². The Hall–Kier alpha value is -1.62. The molecule has 1 aliphatic rings. The molecule has 3 rings (SSSR count). The van der Waals surface area contributed by atoms with Crippen LogP contribution in [0.15, 0.2) is 18.2 Å². The highest BCUT2D eigenvalue weighted by molar-refractivity contribution is 6.33. The van der Waals surface area contributed by atoms with Crippen LogP contribution in [0.5, 0.6) is 0 Å². The molecule has 0 amide bonds. The van der Waals surface area contributed by atoms with E-state index in [0.29, 0.717) is 16.6 Å². The molecule has 6 heteroatoms. The summed E-state index contributed by atoms with van der Waals surface area (Å²) in [4.78, 5) is 0. The molecule has 1 aliphatic carbocycles. The third kappa shape index (κ3) is 2.56. The Morgan fingerprint density at radius 3 is 2.95 bits per heavy atom. The van der Waals surface area contributed by atoms with E-state index in [-0.39, 0.29) is 0 Å². The maximum Gasteiger partial charge on any atom is 0.182 e. The van der Waals surface area contributed by atoms with Crippen LogP contribution in [0.3, 0.4) is 0 Å². The molecule has 1 aromatic heterocycles. The molecule has 100 valence electrons. The van der Waals surface area contributed by atoms with Gasteiger partial charge in [-0.05, 0) is 53.3 Å². The second kappa shape index (κ2) is 4.81. The molecule has 0 spiro atoms. The summed E-state index contributed by atoms with van der Waals surface area (Å²) in [6, 6.07) is 5.48. The molecule has 5 nitrogen and oxygen atoms in total. The third-order valence-corrected chi connectivity index (χ3v) is 4.01. The van der Waals surface area contributed by atoms with Gasteiger partial charge in [-0.2, -0.15) is 0 Å². The Morgan fingerprint density at radius 1 is 1.47 bits per heavy atom. The van der Waals surface area contributed by atoms with Crippen LogP contribution in [-0.4, -0.2) is 20.2 Å². The number of nitrogens with two attached hydrogens (primary N) is 1. The molecule has 19 heavy (non-hydrogen) atoms. The van der Waals surface area contributed by atoms with Gasteiger partial charge in [0.05, 0.1) is 10.7 Å². The number of tetrazole rings is 1. The zero-order valence-electron chi connectivity index (χ0n) is 10.8. The quantitative estimate of drug-likeness (QED) is 0.872. The van der Waals surface area contributed by atoms with E-state index in [4.69, 9.17) is 17.3 Å². The lowest BCUT2D eigenvalue weighted by Crippen LogP contribution is -2.12. The van der Waals surface area contributed by atoms with E-state index < -0.39 is 0 Å². The maximum absolute atomic E-state index is 6.05. The summed E-state index contributed by atoms with van der Waals surface area (Å²) in [5.41, 5.74) is 7.18. The van der Waals surface area contributed by atoms with Gasteiger partial charge in [-0.25, -0.2) is 4.68 Å². The highest BCUT2D eigenvalue weighted by Gasteiger charge is 2.29. The van der Waals surface area contributed by atoms with Crippen LogP contribution in [0.25, 0.3) is 11.4 Å². The smallest absolute Gasteiger partial charge is 0.182 e. The van der Waals surface area contributed by atoms with E-state index in [1.54, 1.807) is 12.1 Å². The number of anilines is 1. The summed E-state index contributed by atoms with van der Waals surface area (Å²) >= 11 is 6.05. The van der Waals surface area contributed by atoms with Gasteiger partial charge in [-0.1, -0.05) is 18.5 Å². The zero-order chi connectivity index (χ0) is 13.4. The second-order valence-electron chi connectivity index (χ2n) is 5.24. The summed E-state index contributed by atoms with van der Waals surface area (Å²) in [5.74, 6) is 2.17. The Labute approximate surface area is 116 Å². The van der Waals surface area contributed by atoms with Gasteiger partial charge in [0.2, 0.25) is 0 Å². The topological polar surface area (TPSA) is 69.6 Å². The Morgan fingerprint density at radius 2 is 2.26 bits per heavy atom.